The second kappa shape index (κ2) is 18.4. The molecular formula is C33H53N3O4. The summed E-state index contributed by atoms with van der Waals surface area (Å²) in [5, 5.41) is 5.85. The Morgan fingerprint density at radius 2 is 1.60 bits per heavy atom. The molecule has 0 heterocycles. The van der Waals surface area contributed by atoms with Crippen LogP contribution < -0.4 is 10.6 Å². The lowest BCUT2D eigenvalue weighted by Crippen LogP contribution is -2.55. The highest BCUT2D eigenvalue weighted by Crippen LogP contribution is 2.28. The van der Waals surface area contributed by atoms with Crippen LogP contribution in [0.25, 0.3) is 0 Å². The number of terminal acetylenes is 1. The summed E-state index contributed by atoms with van der Waals surface area (Å²) in [6.45, 7) is 14.4. The molecule has 1 aromatic carbocycles. The molecule has 1 rings (SSSR count). The molecule has 0 aliphatic rings. The molecule has 3 amide bonds. The van der Waals surface area contributed by atoms with Gasteiger partial charge >= 0.3 is 6.09 Å². The SMILES string of the molecule is C#Cc1ccccc1C(C(=O)NCCCC)N(CCCCCCCC)C(=O)C(NC(=O)OC(C)(C)C)C(C)CC. The van der Waals surface area contributed by atoms with Crippen molar-refractivity contribution in [3.63, 3.8) is 0 Å². The van der Waals surface area contributed by atoms with Crippen molar-refractivity contribution in [2.24, 2.45) is 5.92 Å². The molecule has 0 spiro atoms. The Hall–Kier alpha value is -3.01. The van der Waals surface area contributed by atoms with Gasteiger partial charge in [-0.3, -0.25) is 9.59 Å². The highest BCUT2D eigenvalue weighted by molar-refractivity contribution is 5.92. The largest absolute Gasteiger partial charge is 0.444 e. The van der Waals surface area contributed by atoms with Gasteiger partial charge < -0.3 is 20.3 Å². The third-order valence-electron chi connectivity index (χ3n) is 6.99. The Bertz CT molecular complexity index is 963. The van der Waals surface area contributed by atoms with Gasteiger partial charge in [-0.1, -0.05) is 96.8 Å². The number of ether oxygens (including phenoxy) is 1. The van der Waals surface area contributed by atoms with Gasteiger partial charge in [0.1, 0.15) is 17.7 Å². The monoisotopic (exact) mass is 555 g/mol. The maximum atomic E-state index is 14.4. The molecule has 0 bridgehead atoms. The summed E-state index contributed by atoms with van der Waals surface area (Å²) in [5.74, 6) is 1.94. The van der Waals surface area contributed by atoms with E-state index < -0.39 is 23.8 Å². The Balaban J connectivity index is 3.52. The topological polar surface area (TPSA) is 87.7 Å². The van der Waals surface area contributed by atoms with Crippen LogP contribution >= 0.6 is 0 Å². The number of carbonyl (C=O) groups is 3. The average Bonchev–Trinajstić information content (AvgIpc) is 2.91. The van der Waals surface area contributed by atoms with E-state index in [1.54, 1.807) is 31.7 Å². The molecule has 1 aromatic rings. The van der Waals surface area contributed by atoms with E-state index in [-0.39, 0.29) is 17.7 Å². The van der Waals surface area contributed by atoms with E-state index in [0.29, 0.717) is 30.6 Å². The predicted octanol–water partition coefficient (Wildman–Crippen LogP) is 6.75. The second-order valence-corrected chi connectivity index (χ2v) is 11.6. The highest BCUT2D eigenvalue weighted by Gasteiger charge is 2.38. The first kappa shape index (κ1) is 35.0. The van der Waals surface area contributed by atoms with Gasteiger partial charge in [0, 0.05) is 18.7 Å². The van der Waals surface area contributed by atoms with E-state index in [0.717, 1.165) is 44.9 Å². The Kier molecular flexibility index (Phi) is 16.1. The lowest BCUT2D eigenvalue weighted by Gasteiger charge is -2.36. The van der Waals surface area contributed by atoms with Crippen LogP contribution in [0.3, 0.4) is 0 Å². The van der Waals surface area contributed by atoms with Crippen molar-refractivity contribution in [2.45, 2.75) is 124 Å². The molecule has 40 heavy (non-hydrogen) atoms. The van der Waals surface area contributed by atoms with Crippen molar-refractivity contribution >= 4 is 17.9 Å². The molecule has 2 N–H and O–H groups in total. The predicted molar refractivity (Wildman–Crippen MR) is 163 cm³/mol. The van der Waals surface area contributed by atoms with Crippen molar-refractivity contribution < 1.29 is 19.1 Å². The van der Waals surface area contributed by atoms with Gasteiger partial charge in [0.15, 0.2) is 0 Å². The highest BCUT2D eigenvalue weighted by atomic mass is 16.6. The van der Waals surface area contributed by atoms with E-state index in [2.05, 4.69) is 30.4 Å². The van der Waals surface area contributed by atoms with Gasteiger partial charge in [0.25, 0.3) is 0 Å². The molecule has 3 unspecified atom stereocenters. The zero-order chi connectivity index (χ0) is 30.1. The number of nitrogens with zero attached hydrogens (tertiary/aromatic N) is 1. The minimum absolute atomic E-state index is 0.182. The number of amides is 3. The van der Waals surface area contributed by atoms with Gasteiger partial charge in [-0.15, -0.1) is 6.42 Å². The van der Waals surface area contributed by atoms with E-state index in [9.17, 15) is 14.4 Å². The molecule has 7 heteroatoms. The van der Waals surface area contributed by atoms with Crippen LogP contribution in [-0.4, -0.2) is 47.5 Å². The fourth-order valence-corrected chi connectivity index (χ4v) is 4.53. The Morgan fingerprint density at radius 3 is 2.20 bits per heavy atom. The first-order valence-corrected chi connectivity index (χ1v) is 15.1. The fraction of sp³-hybridized carbons (Fsp3) is 0.667. The molecule has 0 aliphatic carbocycles. The van der Waals surface area contributed by atoms with Gasteiger partial charge in [-0.05, 0) is 51.2 Å². The zero-order valence-electron chi connectivity index (χ0n) is 26.0. The molecule has 0 saturated heterocycles. The lowest BCUT2D eigenvalue weighted by atomic mass is 9.94. The standard InChI is InChI=1S/C33H53N3O4/c1-9-13-15-16-17-20-24-36(31(38)28(25(5)11-3)35-32(39)40-33(6,7)8)29(30(37)34-23-14-10-2)27-22-19-18-21-26(27)12-4/h4,18-19,21-22,25,28-29H,9-11,13-17,20,23-24H2,1-3,5-8H3,(H,34,37)(H,35,39). The maximum Gasteiger partial charge on any atom is 0.408 e. The molecule has 0 aromatic heterocycles. The third-order valence-corrected chi connectivity index (χ3v) is 6.99. The van der Waals surface area contributed by atoms with Gasteiger partial charge in [-0.25, -0.2) is 4.79 Å². The fourth-order valence-electron chi connectivity index (χ4n) is 4.53. The first-order chi connectivity index (χ1) is 19.0. The third kappa shape index (κ3) is 12.0. The summed E-state index contributed by atoms with van der Waals surface area (Å²) in [6.07, 6.45) is 13.8. The molecule has 0 radical (unpaired) electrons. The van der Waals surface area contributed by atoms with Crippen LogP contribution in [0, 0.1) is 18.3 Å². The summed E-state index contributed by atoms with van der Waals surface area (Å²) < 4.78 is 5.50. The maximum absolute atomic E-state index is 14.4. The number of unbranched alkanes of at least 4 members (excludes halogenated alkanes) is 6. The Morgan fingerprint density at radius 1 is 0.975 bits per heavy atom. The molecule has 7 nitrogen and oxygen atoms in total. The van der Waals surface area contributed by atoms with Crippen LogP contribution in [0.4, 0.5) is 4.79 Å². The summed E-state index contributed by atoms with van der Waals surface area (Å²) in [4.78, 5) is 42.6. The van der Waals surface area contributed by atoms with Crippen LogP contribution in [0.15, 0.2) is 24.3 Å². The zero-order valence-corrected chi connectivity index (χ0v) is 26.0. The summed E-state index contributed by atoms with van der Waals surface area (Å²) in [5.41, 5.74) is 0.469. The molecule has 224 valence electrons. The number of nitrogens with one attached hydrogen (secondary N) is 2. The summed E-state index contributed by atoms with van der Waals surface area (Å²) >= 11 is 0. The van der Waals surface area contributed by atoms with Crippen molar-refractivity contribution in [2.75, 3.05) is 13.1 Å². The molecule has 3 atom stereocenters. The van der Waals surface area contributed by atoms with Gasteiger partial charge in [0.05, 0.1) is 0 Å². The second-order valence-electron chi connectivity index (χ2n) is 11.6. The minimum atomic E-state index is -0.917. The average molecular weight is 556 g/mol. The molecule has 0 fully saturated rings. The van der Waals surface area contributed by atoms with E-state index in [1.165, 1.54) is 6.42 Å². The molecule has 0 saturated carbocycles. The smallest absolute Gasteiger partial charge is 0.408 e. The minimum Gasteiger partial charge on any atom is -0.444 e. The van der Waals surface area contributed by atoms with Crippen molar-refractivity contribution in [1.82, 2.24) is 15.5 Å². The Labute approximate surface area is 243 Å². The van der Waals surface area contributed by atoms with Crippen LogP contribution in [-0.2, 0) is 14.3 Å². The number of hydrogen-bond acceptors (Lipinski definition) is 4. The van der Waals surface area contributed by atoms with Crippen molar-refractivity contribution in [3.8, 4) is 12.3 Å². The van der Waals surface area contributed by atoms with E-state index in [1.807, 2.05) is 32.0 Å². The van der Waals surface area contributed by atoms with Gasteiger partial charge in [0.2, 0.25) is 11.8 Å². The van der Waals surface area contributed by atoms with Crippen molar-refractivity contribution in [3.05, 3.63) is 35.4 Å². The van der Waals surface area contributed by atoms with Gasteiger partial charge in [-0.2, -0.15) is 0 Å². The van der Waals surface area contributed by atoms with Crippen LogP contribution in [0.5, 0.6) is 0 Å². The van der Waals surface area contributed by atoms with Crippen molar-refractivity contribution in [1.29, 1.82) is 0 Å². The van der Waals surface area contributed by atoms with E-state index in [4.69, 9.17) is 11.2 Å². The number of alkyl carbamates (subject to hydrolysis) is 1. The molecule has 0 aliphatic heterocycles. The normalized spacial score (nSPS) is 13.4. The van der Waals surface area contributed by atoms with E-state index >= 15 is 0 Å². The number of rotatable bonds is 17. The van der Waals surface area contributed by atoms with Crippen LogP contribution in [0.2, 0.25) is 0 Å². The number of hydrogen-bond donors (Lipinski definition) is 2. The number of carbonyl (C=O) groups excluding carboxylic acids is 3. The summed E-state index contributed by atoms with van der Waals surface area (Å²) in [7, 11) is 0. The quantitative estimate of drug-likeness (QED) is 0.164. The lowest BCUT2D eigenvalue weighted by molar-refractivity contribution is -0.143. The summed E-state index contributed by atoms with van der Waals surface area (Å²) in [6, 6.07) is 5.50. The van der Waals surface area contributed by atoms with Crippen LogP contribution in [0.1, 0.15) is 123 Å². The first-order valence-electron chi connectivity index (χ1n) is 15.1. The molecular weight excluding hydrogens is 502 g/mol. The number of benzene rings is 1.